The van der Waals surface area contributed by atoms with E-state index in [0.29, 0.717) is 5.41 Å². The molecule has 2 heteroatoms. The Labute approximate surface area is 225 Å². The lowest BCUT2D eigenvalue weighted by Crippen LogP contribution is -2.53. The molecule has 0 aromatic heterocycles. The van der Waals surface area contributed by atoms with Crippen molar-refractivity contribution in [3.63, 3.8) is 0 Å². The van der Waals surface area contributed by atoms with Crippen LogP contribution in [-0.2, 0) is 4.79 Å². The van der Waals surface area contributed by atoms with Crippen LogP contribution in [0.15, 0.2) is 0 Å². The zero-order valence-corrected chi connectivity index (χ0v) is 24.5. The van der Waals surface area contributed by atoms with Gasteiger partial charge in [-0.3, -0.25) is 4.79 Å². The van der Waals surface area contributed by atoms with Gasteiger partial charge in [-0.05, 0) is 81.0 Å². The number of aliphatic carboxylic acids is 1. The fourth-order valence-electron chi connectivity index (χ4n) is 9.22. The predicted octanol–water partition coefficient (Wildman–Crippen LogP) is 11.3. The van der Waals surface area contributed by atoms with Crippen molar-refractivity contribution in [3.8, 4) is 0 Å². The number of rotatable bonds is 16. The van der Waals surface area contributed by atoms with Crippen LogP contribution in [0, 0.1) is 22.2 Å². The third-order valence-corrected chi connectivity index (χ3v) is 11.6. The van der Waals surface area contributed by atoms with E-state index in [9.17, 15) is 9.90 Å². The first-order valence-corrected chi connectivity index (χ1v) is 16.8. The molecule has 1 N–H and O–H groups in total. The van der Waals surface area contributed by atoms with Crippen LogP contribution in [0.25, 0.3) is 0 Å². The summed E-state index contributed by atoms with van der Waals surface area (Å²) < 4.78 is 0. The molecule has 0 aromatic rings. The molecule has 0 aromatic carbocycles. The van der Waals surface area contributed by atoms with Crippen molar-refractivity contribution in [1.82, 2.24) is 0 Å². The molecule has 0 saturated heterocycles. The van der Waals surface area contributed by atoms with Gasteiger partial charge in [0.1, 0.15) is 0 Å². The molecule has 0 amide bonds. The molecule has 3 saturated carbocycles. The van der Waals surface area contributed by atoms with E-state index in [1.54, 1.807) is 0 Å². The average molecular weight is 503 g/mol. The maximum Gasteiger partial charge on any atom is 0.310 e. The van der Waals surface area contributed by atoms with Gasteiger partial charge in [-0.15, -0.1) is 0 Å². The van der Waals surface area contributed by atoms with Crippen LogP contribution < -0.4 is 0 Å². The molecular weight excluding hydrogens is 440 g/mol. The van der Waals surface area contributed by atoms with Crippen LogP contribution in [0.4, 0.5) is 0 Å². The zero-order chi connectivity index (χ0) is 25.7. The predicted molar refractivity (Wildman–Crippen MR) is 154 cm³/mol. The van der Waals surface area contributed by atoms with Gasteiger partial charge in [-0.2, -0.15) is 0 Å². The van der Waals surface area contributed by atoms with Crippen molar-refractivity contribution in [2.75, 3.05) is 0 Å². The fraction of sp³-hybridized carbons (Fsp3) is 0.971. The Balaban J connectivity index is 1.76. The number of hydrogen-bond acceptors (Lipinski definition) is 1. The summed E-state index contributed by atoms with van der Waals surface area (Å²) in [6.07, 6.45) is 35.1. The van der Waals surface area contributed by atoms with Crippen LogP contribution in [0.1, 0.15) is 187 Å². The molecule has 0 aliphatic heterocycles. The van der Waals surface area contributed by atoms with Gasteiger partial charge in [-0.25, -0.2) is 0 Å². The minimum Gasteiger partial charge on any atom is -0.481 e. The summed E-state index contributed by atoms with van der Waals surface area (Å²) in [6.45, 7) is 4.61. The number of carbonyl (C=O) groups is 1. The van der Waals surface area contributed by atoms with Crippen molar-refractivity contribution in [2.45, 2.75) is 187 Å². The summed E-state index contributed by atoms with van der Waals surface area (Å²) in [6, 6.07) is 0. The monoisotopic (exact) mass is 502 g/mol. The lowest BCUT2D eigenvalue weighted by molar-refractivity contribution is -0.171. The van der Waals surface area contributed by atoms with Crippen LogP contribution in [0.3, 0.4) is 0 Å². The lowest BCUT2D eigenvalue weighted by Gasteiger charge is -2.58. The molecule has 0 unspecified atom stereocenters. The van der Waals surface area contributed by atoms with E-state index >= 15 is 0 Å². The Bertz CT molecular complexity index is 603. The van der Waals surface area contributed by atoms with E-state index in [-0.39, 0.29) is 5.41 Å². The van der Waals surface area contributed by atoms with E-state index in [0.717, 1.165) is 31.6 Å². The van der Waals surface area contributed by atoms with Gasteiger partial charge in [0.05, 0.1) is 5.41 Å². The van der Waals surface area contributed by atoms with E-state index in [2.05, 4.69) is 13.8 Å². The Hall–Kier alpha value is -0.530. The molecule has 210 valence electrons. The summed E-state index contributed by atoms with van der Waals surface area (Å²) in [4.78, 5) is 13.1. The van der Waals surface area contributed by atoms with Crippen LogP contribution in [0.5, 0.6) is 0 Å². The smallest absolute Gasteiger partial charge is 0.310 e. The van der Waals surface area contributed by atoms with Gasteiger partial charge >= 0.3 is 5.97 Å². The Morgan fingerprint density at radius 3 is 1.67 bits per heavy atom. The largest absolute Gasteiger partial charge is 0.481 e. The zero-order valence-electron chi connectivity index (χ0n) is 24.5. The maximum atomic E-state index is 13.1. The Kier molecular flexibility index (Phi) is 12.6. The topological polar surface area (TPSA) is 37.3 Å². The van der Waals surface area contributed by atoms with Gasteiger partial charge in [0.15, 0.2) is 0 Å². The number of hydrogen-bond donors (Lipinski definition) is 1. The van der Waals surface area contributed by atoms with Gasteiger partial charge in [-0.1, -0.05) is 123 Å². The van der Waals surface area contributed by atoms with Crippen molar-refractivity contribution >= 4 is 5.97 Å². The van der Waals surface area contributed by atoms with Gasteiger partial charge < -0.3 is 5.11 Å². The van der Waals surface area contributed by atoms with Crippen molar-refractivity contribution < 1.29 is 9.90 Å². The fourth-order valence-corrected chi connectivity index (χ4v) is 9.22. The van der Waals surface area contributed by atoms with Gasteiger partial charge in [0, 0.05) is 0 Å². The van der Waals surface area contributed by atoms with Crippen molar-refractivity contribution in [3.05, 3.63) is 0 Å². The molecule has 3 aliphatic rings. The summed E-state index contributed by atoms with van der Waals surface area (Å²) in [5.74, 6) is 0.481. The van der Waals surface area contributed by atoms with Gasteiger partial charge in [0.25, 0.3) is 0 Å². The third-order valence-electron chi connectivity index (χ3n) is 11.6. The molecule has 0 atom stereocenters. The molecule has 0 radical (unpaired) electrons. The van der Waals surface area contributed by atoms with Crippen molar-refractivity contribution in [1.29, 1.82) is 0 Å². The molecule has 0 spiro atoms. The minimum atomic E-state index is -0.436. The van der Waals surface area contributed by atoms with E-state index in [1.807, 2.05) is 0 Å². The second kappa shape index (κ2) is 15.2. The molecule has 2 nitrogen and oxygen atoms in total. The van der Waals surface area contributed by atoms with Crippen LogP contribution in [-0.4, -0.2) is 11.1 Å². The highest BCUT2D eigenvalue weighted by Gasteiger charge is 2.59. The molecule has 3 rings (SSSR count). The van der Waals surface area contributed by atoms with Crippen molar-refractivity contribution in [2.24, 2.45) is 22.2 Å². The first kappa shape index (κ1) is 30.0. The quantitative estimate of drug-likeness (QED) is 0.213. The highest BCUT2D eigenvalue weighted by Crippen LogP contribution is 2.64. The Morgan fingerprint density at radius 2 is 1.11 bits per heavy atom. The summed E-state index contributed by atoms with van der Waals surface area (Å²) in [5.41, 5.74) is 0.143. The average Bonchev–Trinajstić information content (AvgIpc) is 2.92. The van der Waals surface area contributed by atoms with E-state index in [4.69, 9.17) is 0 Å². The maximum absolute atomic E-state index is 13.1. The number of carboxylic acid groups (broad SMARTS) is 1. The summed E-state index contributed by atoms with van der Waals surface area (Å²) in [5, 5.41) is 10.8. The molecular formula is C34H62O2. The Morgan fingerprint density at radius 1 is 0.611 bits per heavy atom. The van der Waals surface area contributed by atoms with Crippen LogP contribution in [0.2, 0.25) is 0 Å². The number of carboxylic acids is 1. The highest BCUT2D eigenvalue weighted by atomic mass is 16.4. The minimum absolute atomic E-state index is 0.0599. The normalized spacial score (nSPS) is 29.3. The summed E-state index contributed by atoms with van der Waals surface area (Å²) >= 11 is 0. The first-order chi connectivity index (χ1) is 17.5. The SMILES string of the molecule is CCCCCCCCC1(C2(C(=O)O)CCCCC2)CCC(CCCCCCC)(C2CCCCC2)CC1. The molecule has 0 heterocycles. The first-order valence-electron chi connectivity index (χ1n) is 16.8. The lowest BCUT2D eigenvalue weighted by atomic mass is 9.46. The van der Waals surface area contributed by atoms with E-state index < -0.39 is 11.4 Å². The highest BCUT2D eigenvalue weighted by molar-refractivity contribution is 5.76. The second-order valence-corrected chi connectivity index (χ2v) is 13.6. The summed E-state index contributed by atoms with van der Waals surface area (Å²) in [7, 11) is 0. The third kappa shape index (κ3) is 7.31. The van der Waals surface area contributed by atoms with Gasteiger partial charge in [0.2, 0.25) is 0 Å². The van der Waals surface area contributed by atoms with E-state index in [1.165, 1.54) is 148 Å². The molecule has 3 fully saturated rings. The number of unbranched alkanes of at least 4 members (excludes halogenated alkanes) is 9. The van der Waals surface area contributed by atoms with Crippen LogP contribution >= 0.6 is 0 Å². The second-order valence-electron chi connectivity index (χ2n) is 13.6. The molecule has 36 heavy (non-hydrogen) atoms. The molecule has 3 aliphatic carbocycles. The molecule has 0 bridgehead atoms. The standard InChI is InChI=1S/C34H62O2/c1-3-5-7-9-11-17-23-33(34(31(35)36)24-18-13-19-25-34)28-26-32(27-29-33,22-16-10-8-6-4-2)30-20-14-12-15-21-30/h30H,3-29H2,1-2H3,(H,35,36).